The van der Waals surface area contributed by atoms with Crippen LogP contribution >= 0.6 is 11.3 Å². The highest BCUT2D eigenvalue weighted by Crippen LogP contribution is 2.22. The Morgan fingerprint density at radius 2 is 2.50 bits per heavy atom. The minimum absolute atomic E-state index is 0.175. The first-order chi connectivity index (χ1) is 6.75. The molecule has 0 saturated carbocycles. The first-order valence-electron chi connectivity index (χ1n) is 4.59. The first-order valence-corrected chi connectivity index (χ1v) is 5.47. The van der Waals surface area contributed by atoms with Gasteiger partial charge in [-0.1, -0.05) is 0 Å². The predicted molar refractivity (Wildman–Crippen MR) is 59.3 cm³/mol. The third-order valence-corrected chi connectivity index (χ3v) is 2.84. The Morgan fingerprint density at radius 1 is 1.64 bits per heavy atom. The lowest BCUT2D eigenvalue weighted by molar-refractivity contribution is 0.726. The number of nitrogens with two attached hydrogens (primary N) is 1. The molecule has 3 nitrogen and oxygen atoms in total. The molecule has 1 atom stereocenters. The Bertz CT molecular complexity index is 389. The lowest BCUT2D eigenvalue weighted by Gasteiger charge is -1.99. The highest BCUT2D eigenvalue weighted by molar-refractivity contribution is 7.13. The minimum atomic E-state index is 0.175. The summed E-state index contributed by atoms with van der Waals surface area (Å²) in [5, 5.41) is 3.10. The Hall–Kier alpha value is -1.13. The van der Waals surface area contributed by atoms with Gasteiger partial charge in [0.05, 0.1) is 11.4 Å². The number of hydrogen-bond donors (Lipinski definition) is 2. The molecule has 1 unspecified atom stereocenters. The van der Waals surface area contributed by atoms with Crippen molar-refractivity contribution in [1.29, 1.82) is 0 Å². The topological polar surface area (TPSA) is 54.7 Å². The van der Waals surface area contributed by atoms with Crippen molar-refractivity contribution < 1.29 is 0 Å². The molecule has 0 amide bonds. The molecule has 0 aromatic carbocycles. The molecule has 74 valence electrons. The van der Waals surface area contributed by atoms with Gasteiger partial charge in [0.25, 0.3) is 0 Å². The quantitative estimate of drug-likeness (QED) is 0.809. The summed E-state index contributed by atoms with van der Waals surface area (Å²) in [4.78, 5) is 7.64. The van der Waals surface area contributed by atoms with Crippen molar-refractivity contribution in [3.05, 3.63) is 29.4 Å². The number of aromatic nitrogens is 2. The van der Waals surface area contributed by atoms with E-state index in [2.05, 4.69) is 15.3 Å². The lowest BCUT2D eigenvalue weighted by atomic mass is 10.2. The molecule has 0 aliphatic rings. The zero-order chi connectivity index (χ0) is 9.97. The maximum atomic E-state index is 5.71. The lowest BCUT2D eigenvalue weighted by Crippen LogP contribution is -2.17. The monoisotopic (exact) mass is 207 g/mol. The molecular weight excluding hydrogens is 194 g/mol. The summed E-state index contributed by atoms with van der Waals surface area (Å²) in [7, 11) is 0. The average Bonchev–Trinajstić information content (AvgIpc) is 2.69. The van der Waals surface area contributed by atoms with Crippen LogP contribution in [0.2, 0.25) is 0 Å². The summed E-state index contributed by atoms with van der Waals surface area (Å²) in [6, 6.07) is 4.17. The van der Waals surface area contributed by atoms with Gasteiger partial charge in [-0.3, -0.25) is 0 Å². The van der Waals surface area contributed by atoms with E-state index < -0.39 is 0 Å². The molecule has 0 saturated heterocycles. The summed E-state index contributed by atoms with van der Waals surface area (Å²) in [5.41, 5.74) is 7.86. The van der Waals surface area contributed by atoms with E-state index in [9.17, 15) is 0 Å². The average molecular weight is 207 g/mol. The van der Waals surface area contributed by atoms with Gasteiger partial charge >= 0.3 is 0 Å². The van der Waals surface area contributed by atoms with Crippen molar-refractivity contribution in [3.63, 3.8) is 0 Å². The Labute approximate surface area is 87.0 Å². The van der Waals surface area contributed by atoms with Gasteiger partial charge < -0.3 is 10.7 Å². The van der Waals surface area contributed by atoms with Gasteiger partial charge in [0.1, 0.15) is 5.01 Å². The Balaban J connectivity index is 2.18. The molecule has 0 aliphatic heterocycles. The molecule has 2 aromatic rings. The summed E-state index contributed by atoms with van der Waals surface area (Å²) in [6.45, 7) is 1.99. The third-order valence-electron chi connectivity index (χ3n) is 1.91. The summed E-state index contributed by atoms with van der Waals surface area (Å²) < 4.78 is 0. The fraction of sp³-hybridized carbons (Fsp3) is 0.300. The number of thiazole rings is 1. The van der Waals surface area contributed by atoms with Crippen molar-refractivity contribution in [3.8, 4) is 10.7 Å². The van der Waals surface area contributed by atoms with Crippen LogP contribution in [0.15, 0.2) is 23.7 Å². The third kappa shape index (κ3) is 2.02. The molecule has 2 heterocycles. The molecule has 0 aliphatic carbocycles. The van der Waals surface area contributed by atoms with E-state index in [-0.39, 0.29) is 6.04 Å². The number of hydrogen-bond acceptors (Lipinski definition) is 3. The second kappa shape index (κ2) is 3.94. The molecule has 3 N–H and O–H groups in total. The van der Waals surface area contributed by atoms with Crippen LogP contribution in [0.1, 0.15) is 12.6 Å². The molecule has 0 spiro atoms. The second-order valence-corrected chi connectivity index (χ2v) is 4.27. The smallest absolute Gasteiger partial charge is 0.139 e. The van der Waals surface area contributed by atoms with Gasteiger partial charge in [-0.15, -0.1) is 11.3 Å². The van der Waals surface area contributed by atoms with E-state index >= 15 is 0 Å². The van der Waals surface area contributed by atoms with E-state index in [1.807, 2.05) is 25.3 Å². The van der Waals surface area contributed by atoms with Crippen molar-refractivity contribution in [2.45, 2.75) is 19.4 Å². The van der Waals surface area contributed by atoms with E-state index in [4.69, 9.17) is 5.73 Å². The summed E-state index contributed by atoms with van der Waals surface area (Å²) >= 11 is 1.65. The highest BCUT2D eigenvalue weighted by atomic mass is 32.1. The van der Waals surface area contributed by atoms with Crippen molar-refractivity contribution >= 4 is 11.3 Å². The zero-order valence-electron chi connectivity index (χ0n) is 8.03. The number of nitrogens with one attached hydrogen (secondary N) is 1. The van der Waals surface area contributed by atoms with Crippen LogP contribution in [0.3, 0.4) is 0 Å². The molecule has 0 radical (unpaired) electrons. The molecule has 0 fully saturated rings. The van der Waals surface area contributed by atoms with Gasteiger partial charge in [-0.2, -0.15) is 0 Å². The number of aromatic amines is 1. The fourth-order valence-corrected chi connectivity index (χ4v) is 2.14. The Kier molecular flexibility index (Phi) is 2.65. The van der Waals surface area contributed by atoms with Crippen molar-refractivity contribution in [2.24, 2.45) is 5.73 Å². The SMILES string of the molecule is CC(N)Cc1csc(-c2ccc[nH]2)n1. The van der Waals surface area contributed by atoms with E-state index in [1.165, 1.54) is 0 Å². The van der Waals surface area contributed by atoms with Crippen molar-refractivity contribution in [1.82, 2.24) is 9.97 Å². The van der Waals surface area contributed by atoms with E-state index in [0.717, 1.165) is 22.8 Å². The summed E-state index contributed by atoms with van der Waals surface area (Å²) in [6.07, 6.45) is 2.75. The normalized spacial score (nSPS) is 13.0. The largest absolute Gasteiger partial charge is 0.359 e. The minimum Gasteiger partial charge on any atom is -0.359 e. The van der Waals surface area contributed by atoms with Gasteiger partial charge in [0.15, 0.2) is 0 Å². The van der Waals surface area contributed by atoms with Crippen LogP contribution in [0.25, 0.3) is 10.7 Å². The predicted octanol–water partition coefficient (Wildman–Crippen LogP) is 2.03. The zero-order valence-corrected chi connectivity index (χ0v) is 8.84. The molecule has 4 heteroatoms. The van der Waals surface area contributed by atoms with Gasteiger partial charge in [-0.05, 0) is 19.1 Å². The van der Waals surface area contributed by atoms with Crippen LogP contribution in [0.5, 0.6) is 0 Å². The van der Waals surface area contributed by atoms with Crippen molar-refractivity contribution in [2.75, 3.05) is 0 Å². The molecule has 14 heavy (non-hydrogen) atoms. The Morgan fingerprint density at radius 3 is 3.14 bits per heavy atom. The highest BCUT2D eigenvalue weighted by Gasteiger charge is 2.06. The fourth-order valence-electron chi connectivity index (χ4n) is 1.32. The van der Waals surface area contributed by atoms with Crippen LogP contribution < -0.4 is 5.73 Å². The second-order valence-electron chi connectivity index (χ2n) is 3.41. The standard InChI is InChI=1S/C10H13N3S/c1-7(11)5-8-6-14-10(13-8)9-3-2-4-12-9/h2-4,6-7,12H,5,11H2,1H3. The van der Waals surface area contributed by atoms with Gasteiger partial charge in [-0.25, -0.2) is 4.98 Å². The van der Waals surface area contributed by atoms with Crippen LogP contribution in [0.4, 0.5) is 0 Å². The maximum Gasteiger partial charge on any atom is 0.139 e. The van der Waals surface area contributed by atoms with E-state index in [0.29, 0.717) is 0 Å². The van der Waals surface area contributed by atoms with Crippen LogP contribution in [-0.4, -0.2) is 16.0 Å². The van der Waals surface area contributed by atoms with Gasteiger partial charge in [0.2, 0.25) is 0 Å². The number of rotatable bonds is 3. The molecule has 0 bridgehead atoms. The first kappa shape index (κ1) is 9.43. The van der Waals surface area contributed by atoms with Gasteiger partial charge in [0, 0.05) is 24.0 Å². The molecule has 2 aromatic heterocycles. The molecular formula is C10H13N3S. The summed E-state index contributed by atoms with van der Waals surface area (Å²) in [5.74, 6) is 0. The molecule has 2 rings (SSSR count). The van der Waals surface area contributed by atoms with Crippen LogP contribution in [0, 0.1) is 0 Å². The number of nitrogens with zero attached hydrogens (tertiary/aromatic N) is 1. The van der Waals surface area contributed by atoms with E-state index in [1.54, 1.807) is 11.3 Å². The van der Waals surface area contributed by atoms with Crippen LogP contribution in [-0.2, 0) is 6.42 Å². The number of H-pyrrole nitrogens is 1. The maximum absolute atomic E-state index is 5.71.